The van der Waals surface area contributed by atoms with Crippen LogP contribution in [-0.2, 0) is 12.8 Å². The Balaban J connectivity index is 2.35. The van der Waals surface area contributed by atoms with Crippen molar-refractivity contribution in [1.29, 1.82) is 0 Å². The van der Waals surface area contributed by atoms with E-state index in [9.17, 15) is 29.3 Å². The standard InChI is InChI=1S/C25H28ClFN2O5/c1-25(2,3)20(13-31)29-12-17(24(33)34)22(32)16-11-15(19(8-5-9-30)28-23(16)29)10-14-6-4-7-18(26)21(14)27/h4,6-7,11-12,20,30-31H,5,8-10,13H2,1-3H3,(H,33,34). The van der Waals surface area contributed by atoms with Crippen molar-refractivity contribution in [3.63, 3.8) is 0 Å². The lowest BCUT2D eigenvalue weighted by Gasteiger charge is -2.32. The van der Waals surface area contributed by atoms with Gasteiger partial charge in [0.25, 0.3) is 0 Å². The van der Waals surface area contributed by atoms with E-state index in [4.69, 9.17) is 16.6 Å². The fourth-order valence-electron chi connectivity index (χ4n) is 4.02. The van der Waals surface area contributed by atoms with Crippen LogP contribution < -0.4 is 5.43 Å². The Morgan fingerprint density at radius 1 is 1.24 bits per heavy atom. The van der Waals surface area contributed by atoms with Crippen molar-refractivity contribution >= 4 is 28.6 Å². The van der Waals surface area contributed by atoms with E-state index in [-0.39, 0.29) is 35.7 Å². The summed E-state index contributed by atoms with van der Waals surface area (Å²) in [7, 11) is 0. The number of carboxylic acids is 1. The third-order valence-corrected chi connectivity index (χ3v) is 6.19. The number of aryl methyl sites for hydroxylation is 1. The lowest BCUT2D eigenvalue weighted by atomic mass is 9.86. The Labute approximate surface area is 201 Å². The Hall–Kier alpha value is -2.81. The quantitative estimate of drug-likeness (QED) is 0.440. The first kappa shape index (κ1) is 25.8. The second-order valence-electron chi connectivity index (χ2n) is 9.33. The molecule has 9 heteroatoms. The molecule has 0 amide bonds. The van der Waals surface area contributed by atoms with Crippen LogP contribution in [0.4, 0.5) is 4.39 Å². The van der Waals surface area contributed by atoms with Crippen LogP contribution in [0.25, 0.3) is 11.0 Å². The fourth-order valence-corrected chi connectivity index (χ4v) is 4.22. The number of pyridine rings is 2. The van der Waals surface area contributed by atoms with Crippen molar-refractivity contribution in [3.05, 3.63) is 73.9 Å². The first-order valence-corrected chi connectivity index (χ1v) is 11.3. The molecule has 1 aromatic carbocycles. The number of hydrogen-bond donors (Lipinski definition) is 3. The van der Waals surface area contributed by atoms with Gasteiger partial charge < -0.3 is 19.9 Å². The molecule has 0 saturated heterocycles. The van der Waals surface area contributed by atoms with E-state index in [0.29, 0.717) is 29.7 Å². The van der Waals surface area contributed by atoms with Crippen molar-refractivity contribution in [2.75, 3.05) is 13.2 Å². The van der Waals surface area contributed by atoms with Gasteiger partial charge in [0.1, 0.15) is 17.0 Å². The molecule has 0 aliphatic heterocycles. The van der Waals surface area contributed by atoms with Gasteiger partial charge in [0, 0.05) is 24.9 Å². The summed E-state index contributed by atoms with van der Waals surface area (Å²) in [6, 6.07) is 5.60. The Kier molecular flexibility index (Phi) is 7.75. The van der Waals surface area contributed by atoms with E-state index in [1.165, 1.54) is 22.9 Å². The van der Waals surface area contributed by atoms with E-state index in [2.05, 4.69) is 0 Å². The van der Waals surface area contributed by atoms with Crippen LogP contribution in [0.15, 0.2) is 35.3 Å². The topological polar surface area (TPSA) is 113 Å². The summed E-state index contributed by atoms with van der Waals surface area (Å²) in [6.07, 6.45) is 2.05. The minimum Gasteiger partial charge on any atom is -0.477 e. The average molecular weight is 491 g/mol. The maximum atomic E-state index is 14.6. The minimum atomic E-state index is -1.39. The van der Waals surface area contributed by atoms with Gasteiger partial charge in [0.05, 0.1) is 23.1 Å². The lowest BCUT2D eigenvalue weighted by Crippen LogP contribution is -2.31. The molecular formula is C25H28ClFN2O5. The van der Waals surface area contributed by atoms with Gasteiger partial charge in [-0.15, -0.1) is 0 Å². The van der Waals surface area contributed by atoms with Crippen LogP contribution in [0.1, 0.15) is 60.4 Å². The predicted molar refractivity (Wildman–Crippen MR) is 128 cm³/mol. The molecule has 3 rings (SSSR count). The average Bonchev–Trinajstić information content (AvgIpc) is 2.76. The van der Waals surface area contributed by atoms with Gasteiger partial charge in [0.15, 0.2) is 0 Å². The summed E-state index contributed by atoms with van der Waals surface area (Å²) in [6.45, 7) is 5.28. The number of carbonyl (C=O) groups is 1. The molecule has 0 aliphatic carbocycles. The van der Waals surface area contributed by atoms with E-state index in [1.807, 2.05) is 20.8 Å². The van der Waals surface area contributed by atoms with Crippen LogP contribution in [0.5, 0.6) is 0 Å². The molecule has 0 spiro atoms. The summed E-state index contributed by atoms with van der Waals surface area (Å²) in [5.41, 5.74) is -0.0308. The number of benzene rings is 1. The number of rotatable bonds is 8. The van der Waals surface area contributed by atoms with Crippen molar-refractivity contribution in [2.45, 2.75) is 46.1 Å². The van der Waals surface area contributed by atoms with E-state index >= 15 is 0 Å². The van der Waals surface area contributed by atoms with Crippen LogP contribution in [-0.4, -0.2) is 44.1 Å². The maximum absolute atomic E-state index is 14.6. The minimum absolute atomic E-state index is 0.0327. The van der Waals surface area contributed by atoms with Crippen molar-refractivity contribution in [2.24, 2.45) is 5.41 Å². The third-order valence-electron chi connectivity index (χ3n) is 5.90. The summed E-state index contributed by atoms with van der Waals surface area (Å²) in [4.78, 5) is 29.7. The number of fused-ring (bicyclic) bond motifs is 1. The SMILES string of the molecule is CC(C)(C)C(CO)n1cc(C(=O)O)c(=O)c2cc(Cc3cccc(Cl)c3F)c(CCCO)nc21. The molecule has 3 N–H and O–H groups in total. The lowest BCUT2D eigenvalue weighted by molar-refractivity contribution is 0.0692. The summed E-state index contributed by atoms with van der Waals surface area (Å²) < 4.78 is 16.2. The van der Waals surface area contributed by atoms with Crippen LogP contribution >= 0.6 is 11.6 Å². The first-order chi connectivity index (χ1) is 16.0. The first-order valence-electron chi connectivity index (χ1n) is 10.9. The molecule has 0 bridgehead atoms. The number of aliphatic hydroxyl groups is 2. The maximum Gasteiger partial charge on any atom is 0.341 e. The number of aromatic nitrogens is 2. The predicted octanol–water partition coefficient (Wildman–Crippen LogP) is 3.98. The number of hydrogen-bond acceptors (Lipinski definition) is 5. The molecule has 2 heterocycles. The molecule has 0 aliphatic rings. The van der Waals surface area contributed by atoms with Crippen molar-refractivity contribution < 1.29 is 24.5 Å². The molecular weight excluding hydrogens is 463 g/mol. The van der Waals surface area contributed by atoms with Crippen LogP contribution in [0.3, 0.4) is 0 Å². The highest BCUT2D eigenvalue weighted by molar-refractivity contribution is 6.30. The smallest absolute Gasteiger partial charge is 0.341 e. The molecule has 0 radical (unpaired) electrons. The highest BCUT2D eigenvalue weighted by atomic mass is 35.5. The Bertz CT molecular complexity index is 1280. The zero-order chi connectivity index (χ0) is 25.2. The third kappa shape index (κ3) is 5.14. The number of aliphatic hydroxyl groups excluding tert-OH is 2. The number of halogens is 2. The summed E-state index contributed by atoms with van der Waals surface area (Å²) in [5.74, 6) is -1.97. The molecule has 0 saturated carbocycles. The molecule has 3 aromatic rings. The molecule has 7 nitrogen and oxygen atoms in total. The van der Waals surface area contributed by atoms with Gasteiger partial charge in [0.2, 0.25) is 5.43 Å². The van der Waals surface area contributed by atoms with E-state index in [1.54, 1.807) is 12.1 Å². The molecule has 2 aromatic heterocycles. The van der Waals surface area contributed by atoms with E-state index in [0.717, 1.165) is 0 Å². The van der Waals surface area contributed by atoms with Gasteiger partial charge in [-0.2, -0.15) is 0 Å². The van der Waals surface area contributed by atoms with Crippen LogP contribution in [0.2, 0.25) is 5.02 Å². The fraction of sp³-hybridized carbons (Fsp3) is 0.400. The zero-order valence-corrected chi connectivity index (χ0v) is 20.1. The monoisotopic (exact) mass is 490 g/mol. The highest BCUT2D eigenvalue weighted by Gasteiger charge is 2.29. The Morgan fingerprint density at radius 3 is 2.53 bits per heavy atom. The van der Waals surface area contributed by atoms with Crippen LogP contribution in [0, 0.1) is 11.2 Å². The summed E-state index contributed by atoms with van der Waals surface area (Å²) in [5, 5.41) is 29.2. The summed E-state index contributed by atoms with van der Waals surface area (Å²) >= 11 is 5.93. The largest absolute Gasteiger partial charge is 0.477 e. The van der Waals surface area contributed by atoms with Crippen molar-refractivity contribution in [3.8, 4) is 0 Å². The molecule has 1 atom stereocenters. The molecule has 1 unspecified atom stereocenters. The second-order valence-corrected chi connectivity index (χ2v) is 9.74. The van der Waals surface area contributed by atoms with Gasteiger partial charge in [-0.3, -0.25) is 4.79 Å². The number of carboxylic acid groups (broad SMARTS) is 1. The number of nitrogens with zero attached hydrogens (tertiary/aromatic N) is 2. The zero-order valence-electron chi connectivity index (χ0n) is 19.3. The van der Waals surface area contributed by atoms with Gasteiger partial charge >= 0.3 is 5.97 Å². The highest BCUT2D eigenvalue weighted by Crippen LogP contribution is 2.33. The normalized spacial score (nSPS) is 12.8. The second kappa shape index (κ2) is 10.2. The Morgan fingerprint density at radius 2 is 1.94 bits per heavy atom. The number of aromatic carboxylic acids is 1. The molecule has 34 heavy (non-hydrogen) atoms. The van der Waals surface area contributed by atoms with Gasteiger partial charge in [-0.05, 0) is 41.5 Å². The molecule has 0 fully saturated rings. The van der Waals surface area contributed by atoms with Gasteiger partial charge in [-0.25, -0.2) is 14.2 Å². The van der Waals surface area contributed by atoms with E-state index < -0.39 is 34.2 Å². The van der Waals surface area contributed by atoms with Crippen molar-refractivity contribution in [1.82, 2.24) is 9.55 Å². The molecule has 182 valence electrons. The van der Waals surface area contributed by atoms with Gasteiger partial charge in [-0.1, -0.05) is 44.5 Å².